The summed E-state index contributed by atoms with van der Waals surface area (Å²) in [4.78, 5) is 25.1. The van der Waals surface area contributed by atoms with Crippen LogP contribution in [0.4, 0.5) is 15.8 Å². The highest BCUT2D eigenvalue weighted by Crippen LogP contribution is 2.33. The van der Waals surface area contributed by atoms with Crippen molar-refractivity contribution >= 4 is 23.2 Å². The first-order chi connectivity index (χ1) is 15.1. The van der Waals surface area contributed by atoms with Crippen LogP contribution >= 0.6 is 0 Å². The molecule has 0 bridgehead atoms. The largest absolute Gasteiger partial charge is 0.480 e. The van der Waals surface area contributed by atoms with E-state index in [1.54, 1.807) is 24.3 Å². The Labute approximate surface area is 176 Å². The van der Waals surface area contributed by atoms with Gasteiger partial charge < -0.3 is 24.8 Å². The zero-order chi connectivity index (χ0) is 21.4. The molecule has 0 saturated carbocycles. The number of nitrogens with one attached hydrogen (secondary N) is 2. The Balaban J connectivity index is 1.28. The van der Waals surface area contributed by atoms with E-state index in [9.17, 15) is 14.0 Å². The summed E-state index contributed by atoms with van der Waals surface area (Å²) in [5.41, 5.74) is 1.56. The maximum Gasteiger partial charge on any atom is 0.265 e. The van der Waals surface area contributed by atoms with E-state index in [4.69, 9.17) is 14.2 Å². The zero-order valence-electron chi connectivity index (χ0n) is 16.2. The molecule has 0 fully saturated rings. The van der Waals surface area contributed by atoms with Crippen LogP contribution in [0.3, 0.4) is 0 Å². The highest BCUT2D eigenvalue weighted by Gasteiger charge is 2.29. The van der Waals surface area contributed by atoms with Gasteiger partial charge in [-0.15, -0.1) is 0 Å². The summed E-state index contributed by atoms with van der Waals surface area (Å²) in [5.74, 6) is 0.209. The molecule has 7 nitrogen and oxygen atoms in total. The predicted molar refractivity (Wildman–Crippen MR) is 110 cm³/mol. The molecule has 0 unspecified atom stereocenters. The van der Waals surface area contributed by atoms with Gasteiger partial charge in [0.25, 0.3) is 11.8 Å². The quantitative estimate of drug-likeness (QED) is 0.672. The number of hydrogen-bond acceptors (Lipinski definition) is 5. The van der Waals surface area contributed by atoms with Crippen molar-refractivity contribution in [1.29, 1.82) is 0 Å². The molecule has 0 aromatic heterocycles. The molecule has 2 N–H and O–H groups in total. The third-order valence-corrected chi connectivity index (χ3v) is 5.06. The first-order valence-electron chi connectivity index (χ1n) is 9.63. The molecule has 0 aliphatic carbocycles. The van der Waals surface area contributed by atoms with Crippen molar-refractivity contribution in [2.75, 3.05) is 17.4 Å². The highest BCUT2D eigenvalue weighted by molar-refractivity contribution is 6.05. The number of benzene rings is 3. The van der Waals surface area contributed by atoms with Gasteiger partial charge in [-0.25, -0.2) is 4.39 Å². The molecule has 0 radical (unpaired) electrons. The van der Waals surface area contributed by atoms with Gasteiger partial charge in [-0.3, -0.25) is 9.59 Å². The Hall–Kier alpha value is -4.07. The normalized spacial score (nSPS) is 15.7. The summed E-state index contributed by atoms with van der Waals surface area (Å²) in [5, 5.41) is 5.24. The van der Waals surface area contributed by atoms with Crippen molar-refractivity contribution in [2.45, 2.75) is 12.5 Å². The van der Waals surface area contributed by atoms with E-state index in [2.05, 4.69) is 10.6 Å². The van der Waals surface area contributed by atoms with Crippen molar-refractivity contribution in [2.24, 2.45) is 0 Å². The van der Waals surface area contributed by atoms with E-state index < -0.39 is 23.7 Å². The molecule has 2 heterocycles. The number of hydrogen-bond donors (Lipinski definition) is 2. The Morgan fingerprint density at radius 2 is 1.74 bits per heavy atom. The van der Waals surface area contributed by atoms with Crippen LogP contribution in [-0.4, -0.2) is 24.7 Å². The van der Waals surface area contributed by atoms with Crippen molar-refractivity contribution in [3.05, 3.63) is 77.6 Å². The number of anilines is 2. The van der Waals surface area contributed by atoms with Crippen LogP contribution in [-0.2, 0) is 11.2 Å². The topological polar surface area (TPSA) is 85.9 Å². The van der Waals surface area contributed by atoms with E-state index in [0.29, 0.717) is 34.9 Å². The standard InChI is InChI=1S/C23H17FN2O5/c24-16-7-6-15(25-22(27)14-5-8-19-20(10-14)30-12-29-19)11-17(16)26-23(28)21-9-13-3-1-2-4-18(13)31-21/h1-8,10-11,21H,9,12H2,(H,25,27)(H,26,28)/t21-/m1/s1. The molecule has 156 valence electrons. The maximum atomic E-state index is 14.3. The third kappa shape index (κ3) is 3.75. The molecule has 3 aromatic rings. The lowest BCUT2D eigenvalue weighted by Crippen LogP contribution is -2.31. The van der Waals surface area contributed by atoms with Crippen molar-refractivity contribution in [3.8, 4) is 17.2 Å². The van der Waals surface area contributed by atoms with Crippen molar-refractivity contribution in [1.82, 2.24) is 0 Å². The molecule has 0 saturated heterocycles. The van der Waals surface area contributed by atoms with Gasteiger partial charge in [0.15, 0.2) is 17.6 Å². The van der Waals surface area contributed by atoms with Crippen molar-refractivity contribution in [3.63, 3.8) is 0 Å². The lowest BCUT2D eigenvalue weighted by Gasteiger charge is -2.13. The van der Waals surface area contributed by atoms with E-state index in [0.717, 1.165) is 5.56 Å². The summed E-state index contributed by atoms with van der Waals surface area (Å²) in [6, 6.07) is 16.1. The smallest absolute Gasteiger partial charge is 0.265 e. The second-order valence-electron chi connectivity index (χ2n) is 7.12. The van der Waals surface area contributed by atoms with Gasteiger partial charge in [-0.05, 0) is 48.0 Å². The van der Waals surface area contributed by atoms with Gasteiger partial charge >= 0.3 is 0 Å². The molecule has 2 amide bonds. The van der Waals surface area contributed by atoms with Crippen LogP contribution in [0.2, 0.25) is 0 Å². The van der Waals surface area contributed by atoms with E-state index in [1.165, 1.54) is 18.2 Å². The SMILES string of the molecule is O=C(Nc1ccc(F)c(NC(=O)[C@H]2Cc3ccccc3O2)c1)c1ccc2c(c1)OCO2. The number of fused-ring (bicyclic) bond motifs is 2. The summed E-state index contributed by atoms with van der Waals surface area (Å²) in [7, 11) is 0. The minimum Gasteiger partial charge on any atom is -0.480 e. The minimum absolute atomic E-state index is 0.0481. The third-order valence-electron chi connectivity index (χ3n) is 5.06. The van der Waals surface area contributed by atoms with Gasteiger partial charge in [0.2, 0.25) is 6.79 Å². The van der Waals surface area contributed by atoms with Gasteiger partial charge in [-0.2, -0.15) is 0 Å². The lowest BCUT2D eigenvalue weighted by molar-refractivity contribution is -0.122. The number of rotatable bonds is 4. The predicted octanol–water partition coefficient (Wildman–Crippen LogP) is 3.75. The van der Waals surface area contributed by atoms with Crippen LogP contribution in [0.5, 0.6) is 17.2 Å². The molecule has 3 aromatic carbocycles. The Morgan fingerprint density at radius 1 is 0.903 bits per heavy atom. The first-order valence-corrected chi connectivity index (χ1v) is 9.63. The number of carbonyl (C=O) groups excluding carboxylic acids is 2. The second kappa shape index (κ2) is 7.64. The van der Waals surface area contributed by atoms with E-state index >= 15 is 0 Å². The van der Waals surface area contributed by atoms with E-state index in [-0.39, 0.29) is 12.5 Å². The molecular formula is C23H17FN2O5. The molecule has 8 heteroatoms. The monoisotopic (exact) mass is 420 g/mol. The average molecular weight is 420 g/mol. The number of para-hydroxylation sites is 1. The van der Waals surface area contributed by atoms with Gasteiger partial charge in [0, 0.05) is 17.7 Å². The molecule has 0 spiro atoms. The second-order valence-corrected chi connectivity index (χ2v) is 7.12. The maximum absolute atomic E-state index is 14.3. The molecule has 2 aliphatic heterocycles. The Morgan fingerprint density at radius 3 is 2.61 bits per heavy atom. The van der Waals surface area contributed by atoms with Crippen LogP contribution in [0.15, 0.2) is 60.7 Å². The fourth-order valence-corrected chi connectivity index (χ4v) is 3.48. The number of amides is 2. The highest BCUT2D eigenvalue weighted by atomic mass is 19.1. The summed E-state index contributed by atoms with van der Waals surface area (Å²) in [6.07, 6.45) is -0.340. The van der Waals surface area contributed by atoms with Crippen molar-refractivity contribution < 1.29 is 28.2 Å². The summed E-state index contributed by atoms with van der Waals surface area (Å²) in [6.45, 7) is 0.108. The molecule has 2 aliphatic rings. The lowest BCUT2D eigenvalue weighted by atomic mass is 10.1. The summed E-state index contributed by atoms with van der Waals surface area (Å²) < 4.78 is 30.4. The fraction of sp³-hybridized carbons (Fsp3) is 0.130. The fourth-order valence-electron chi connectivity index (χ4n) is 3.48. The minimum atomic E-state index is -0.747. The Kier molecular flexibility index (Phi) is 4.66. The van der Waals surface area contributed by atoms with Crippen LogP contribution in [0.1, 0.15) is 15.9 Å². The average Bonchev–Trinajstić information content (AvgIpc) is 3.42. The van der Waals surface area contributed by atoms with E-state index in [1.807, 2.05) is 18.2 Å². The van der Waals surface area contributed by atoms with Gasteiger partial charge in [-0.1, -0.05) is 18.2 Å². The van der Waals surface area contributed by atoms with Crippen LogP contribution < -0.4 is 24.8 Å². The molecule has 31 heavy (non-hydrogen) atoms. The zero-order valence-corrected chi connectivity index (χ0v) is 16.2. The molecule has 1 atom stereocenters. The summed E-state index contributed by atoms with van der Waals surface area (Å²) >= 11 is 0. The number of ether oxygens (including phenoxy) is 3. The molecular weight excluding hydrogens is 403 g/mol. The Bertz CT molecular complexity index is 1170. The molecule has 5 rings (SSSR count). The first kappa shape index (κ1) is 18.9. The van der Waals surface area contributed by atoms with Crippen LogP contribution in [0, 0.1) is 5.82 Å². The number of carbonyl (C=O) groups is 2. The number of halogens is 1. The van der Waals surface area contributed by atoms with Crippen LogP contribution in [0.25, 0.3) is 0 Å². The van der Waals surface area contributed by atoms with Gasteiger partial charge in [0.1, 0.15) is 11.6 Å². The van der Waals surface area contributed by atoms with Gasteiger partial charge in [0.05, 0.1) is 5.69 Å².